The van der Waals surface area contributed by atoms with Crippen LogP contribution in [0.2, 0.25) is 0 Å². The van der Waals surface area contributed by atoms with Crippen molar-refractivity contribution in [3.05, 3.63) is 40.5 Å². The average molecular weight is 289 g/mol. The van der Waals surface area contributed by atoms with Gasteiger partial charge in [0.1, 0.15) is 19.7 Å². The maximum Gasteiger partial charge on any atom is 0.626 e. The van der Waals surface area contributed by atoms with Crippen LogP contribution in [0.5, 0.6) is 0 Å². The zero-order valence-electron chi connectivity index (χ0n) is 8.72. The molecule has 0 saturated carbocycles. The highest BCUT2D eigenvalue weighted by Crippen LogP contribution is 2.14. The molecule has 0 bridgehead atoms. The van der Waals surface area contributed by atoms with Crippen molar-refractivity contribution in [1.29, 1.82) is 0 Å². The zero-order valence-corrected chi connectivity index (χ0v) is 8.72. The number of hydrogen-bond acceptors (Lipinski definition) is 9. The van der Waals surface area contributed by atoms with Crippen molar-refractivity contribution < 1.29 is 28.5 Å². The number of nitrogens with zero attached hydrogens (tertiary/aromatic N) is 4. The van der Waals surface area contributed by atoms with Crippen molar-refractivity contribution >= 4 is 0 Å². The Morgan fingerprint density at radius 3 is 1.11 bits per heavy atom. The molecule has 0 saturated heterocycles. The van der Waals surface area contributed by atoms with Crippen LogP contribution < -0.4 is 5.32 Å². The van der Waals surface area contributed by atoms with Gasteiger partial charge in [-0.05, 0) is 0 Å². The molecule has 0 unspecified atom stereocenters. The Hall–Kier alpha value is -2.58. The highest BCUT2D eigenvalue weighted by molar-refractivity contribution is 4.62. The van der Waals surface area contributed by atoms with Gasteiger partial charge >= 0.3 is 11.8 Å². The van der Waals surface area contributed by atoms with Crippen molar-refractivity contribution in [3.8, 4) is 0 Å². The van der Waals surface area contributed by atoms with Gasteiger partial charge in [0.05, 0.1) is 0 Å². The summed E-state index contributed by atoms with van der Waals surface area (Å²) in [5.74, 6) is -8.57. The lowest BCUT2D eigenvalue weighted by Gasteiger charge is -2.11. The molecular weight excluding hydrogens is 284 g/mol. The Morgan fingerprint density at radius 2 is 0.947 bits per heavy atom. The normalized spacial score (nSPS) is 11.9. The molecule has 19 heavy (non-hydrogen) atoms. The lowest BCUT2D eigenvalue weighted by Crippen LogP contribution is -2.55. The third kappa shape index (κ3) is 3.21. The summed E-state index contributed by atoms with van der Waals surface area (Å²) in [5, 5.41) is 41.6. The molecule has 0 aliphatic rings. The first-order valence-electron chi connectivity index (χ1n) is 4.15. The molecule has 0 aromatic heterocycles. The van der Waals surface area contributed by atoms with E-state index in [1.165, 1.54) is 5.32 Å². The van der Waals surface area contributed by atoms with Crippen LogP contribution in [0.3, 0.4) is 0 Å². The molecule has 0 spiro atoms. The SMILES string of the molecule is O=[N+]([O-])C(F)(CNCC(F)([N+](=O)[O-])[N+](=O)[O-])[N+](=O)[O-]. The second kappa shape index (κ2) is 5.38. The largest absolute Gasteiger partial charge is 0.626 e. The van der Waals surface area contributed by atoms with Crippen LogP contribution in [0, 0.1) is 40.5 Å². The van der Waals surface area contributed by atoms with Crippen molar-refractivity contribution in [1.82, 2.24) is 5.32 Å². The van der Waals surface area contributed by atoms with Gasteiger partial charge in [0.2, 0.25) is 0 Å². The molecule has 0 aromatic rings. The van der Waals surface area contributed by atoms with Gasteiger partial charge in [0, 0.05) is 0 Å². The van der Waals surface area contributed by atoms with E-state index in [1.54, 1.807) is 0 Å². The molecular formula is C4H5F2N5O8. The maximum absolute atomic E-state index is 13.1. The molecule has 0 aliphatic heterocycles. The standard InChI is InChI=1S/C4H5F2N5O8/c5-3(8(12)13,9(14)15)1-7-2-4(6,10(16)17)11(18)19/h7H,1-2H2. The van der Waals surface area contributed by atoms with Gasteiger partial charge < -0.3 is 0 Å². The number of halogens is 2. The van der Waals surface area contributed by atoms with Crippen LogP contribution in [-0.4, -0.2) is 44.6 Å². The second-order valence-electron chi connectivity index (χ2n) is 3.07. The summed E-state index contributed by atoms with van der Waals surface area (Å²) < 4.78 is 26.2. The van der Waals surface area contributed by atoms with E-state index in [2.05, 4.69) is 0 Å². The van der Waals surface area contributed by atoms with Gasteiger partial charge in [-0.1, -0.05) is 8.78 Å². The predicted octanol–water partition coefficient (Wildman–Crippen LogP) is -1.07. The molecule has 1 N–H and O–H groups in total. The summed E-state index contributed by atoms with van der Waals surface area (Å²) in [6.07, 6.45) is 0. The minimum absolute atomic E-state index is 1.28. The van der Waals surface area contributed by atoms with E-state index in [4.69, 9.17) is 0 Å². The molecule has 0 fully saturated rings. The lowest BCUT2D eigenvalue weighted by atomic mass is 10.4. The van der Waals surface area contributed by atoms with E-state index < -0.39 is 44.6 Å². The van der Waals surface area contributed by atoms with E-state index >= 15 is 0 Å². The first-order valence-corrected chi connectivity index (χ1v) is 4.15. The fraction of sp³-hybridized carbons (Fsp3) is 1.00. The molecule has 15 heteroatoms. The third-order valence-corrected chi connectivity index (χ3v) is 1.82. The Labute approximate surface area is 100 Å². The van der Waals surface area contributed by atoms with Crippen molar-refractivity contribution in [3.63, 3.8) is 0 Å². The predicted molar refractivity (Wildman–Crippen MR) is 48.5 cm³/mol. The van der Waals surface area contributed by atoms with Gasteiger partial charge in [-0.2, -0.15) is 0 Å². The Balaban J connectivity index is 4.84. The van der Waals surface area contributed by atoms with Crippen LogP contribution in [0.15, 0.2) is 0 Å². The summed E-state index contributed by atoms with van der Waals surface area (Å²) in [6.45, 7) is -3.58. The summed E-state index contributed by atoms with van der Waals surface area (Å²) in [4.78, 5) is 32.4. The number of alkyl halides is 2. The first-order chi connectivity index (χ1) is 8.48. The van der Waals surface area contributed by atoms with E-state index in [-0.39, 0.29) is 0 Å². The number of nitrogens with one attached hydrogen (secondary N) is 1. The number of nitro groups is 4. The maximum atomic E-state index is 13.1. The molecule has 13 nitrogen and oxygen atoms in total. The van der Waals surface area contributed by atoms with Crippen LogP contribution in [0.25, 0.3) is 0 Å². The van der Waals surface area contributed by atoms with Gasteiger partial charge in [0.15, 0.2) is 13.1 Å². The van der Waals surface area contributed by atoms with Crippen molar-refractivity contribution in [2.24, 2.45) is 0 Å². The fourth-order valence-electron chi connectivity index (χ4n) is 0.772. The Kier molecular flexibility index (Phi) is 4.65. The Morgan fingerprint density at radius 1 is 0.737 bits per heavy atom. The van der Waals surface area contributed by atoms with Crippen LogP contribution in [0.1, 0.15) is 0 Å². The summed E-state index contributed by atoms with van der Waals surface area (Å²) in [5.41, 5.74) is 0. The van der Waals surface area contributed by atoms with Gasteiger partial charge in [-0.25, -0.2) is 0 Å². The monoisotopic (exact) mass is 289 g/mol. The summed E-state index contributed by atoms with van der Waals surface area (Å²) in [7, 11) is 0. The average Bonchev–Trinajstić information content (AvgIpc) is 2.27. The van der Waals surface area contributed by atoms with Crippen molar-refractivity contribution in [2.75, 3.05) is 13.1 Å². The molecule has 0 amide bonds. The van der Waals surface area contributed by atoms with Gasteiger partial charge in [-0.15, -0.1) is 0 Å². The number of hydrogen-bond donors (Lipinski definition) is 1. The summed E-state index contributed by atoms with van der Waals surface area (Å²) >= 11 is 0. The van der Waals surface area contributed by atoms with E-state index in [9.17, 15) is 49.2 Å². The van der Waals surface area contributed by atoms with Crippen LogP contribution in [0.4, 0.5) is 8.78 Å². The highest BCUT2D eigenvalue weighted by Gasteiger charge is 2.61. The molecule has 0 aromatic carbocycles. The van der Waals surface area contributed by atoms with Gasteiger partial charge in [0.25, 0.3) is 0 Å². The van der Waals surface area contributed by atoms with Crippen LogP contribution in [-0.2, 0) is 0 Å². The highest BCUT2D eigenvalue weighted by atomic mass is 19.2. The van der Waals surface area contributed by atoms with Crippen molar-refractivity contribution in [2.45, 2.75) is 11.8 Å². The molecule has 0 rings (SSSR count). The molecule has 0 atom stereocenters. The van der Waals surface area contributed by atoms with Crippen LogP contribution >= 0.6 is 0 Å². The fourth-order valence-corrected chi connectivity index (χ4v) is 0.772. The minimum Gasteiger partial charge on any atom is -0.285 e. The molecule has 108 valence electrons. The van der Waals surface area contributed by atoms with E-state index in [0.29, 0.717) is 0 Å². The lowest BCUT2D eigenvalue weighted by molar-refractivity contribution is -0.833. The number of rotatable bonds is 8. The van der Waals surface area contributed by atoms with E-state index in [0.717, 1.165) is 0 Å². The smallest absolute Gasteiger partial charge is 0.285 e. The second-order valence-corrected chi connectivity index (χ2v) is 3.07. The zero-order chi connectivity index (χ0) is 15.4. The quantitative estimate of drug-likeness (QED) is 0.251. The topological polar surface area (TPSA) is 185 Å². The minimum atomic E-state index is -4.28. The summed E-state index contributed by atoms with van der Waals surface area (Å²) in [6, 6.07) is 0. The molecule has 0 aliphatic carbocycles. The molecule has 0 heterocycles. The molecule has 0 radical (unpaired) electrons. The third-order valence-electron chi connectivity index (χ3n) is 1.82. The van der Waals surface area contributed by atoms with Gasteiger partial charge in [-0.3, -0.25) is 45.8 Å². The Bertz CT molecular complexity index is 361. The first kappa shape index (κ1) is 16.4. The van der Waals surface area contributed by atoms with E-state index in [1.807, 2.05) is 0 Å².